The second kappa shape index (κ2) is 5.93. The lowest BCUT2D eigenvalue weighted by molar-refractivity contribution is 0.338. The fourth-order valence-electron chi connectivity index (χ4n) is 1.58. The number of hydrogen-bond donors (Lipinski definition) is 1. The van der Waals surface area contributed by atoms with Crippen molar-refractivity contribution in [2.75, 3.05) is 12.3 Å². The Morgan fingerprint density at radius 2 is 1.84 bits per heavy atom. The standard InChI is InChI=1S/C14H13BrFNO2/c1-2-18-11-5-9(17)6-12(7-11)19-10-3-4-14(16)13(15)8-10/h3-8H,2,17H2,1H3. The molecule has 0 saturated heterocycles. The molecular formula is C14H13BrFNO2. The van der Waals surface area contributed by atoms with Crippen molar-refractivity contribution >= 4 is 21.6 Å². The van der Waals surface area contributed by atoms with Gasteiger partial charge in [-0.25, -0.2) is 4.39 Å². The van der Waals surface area contributed by atoms with Gasteiger partial charge in [0.25, 0.3) is 0 Å². The Balaban J connectivity index is 2.24. The van der Waals surface area contributed by atoms with Crippen molar-refractivity contribution < 1.29 is 13.9 Å². The van der Waals surface area contributed by atoms with Crippen LogP contribution in [0.2, 0.25) is 0 Å². The Labute approximate surface area is 119 Å². The monoisotopic (exact) mass is 325 g/mol. The summed E-state index contributed by atoms with van der Waals surface area (Å²) in [5, 5.41) is 0. The fourth-order valence-corrected chi connectivity index (χ4v) is 1.94. The van der Waals surface area contributed by atoms with E-state index in [9.17, 15) is 4.39 Å². The van der Waals surface area contributed by atoms with Crippen LogP contribution >= 0.6 is 15.9 Å². The quantitative estimate of drug-likeness (QED) is 0.849. The van der Waals surface area contributed by atoms with Crippen LogP contribution in [-0.4, -0.2) is 6.61 Å². The molecule has 3 nitrogen and oxygen atoms in total. The molecule has 2 N–H and O–H groups in total. The average molecular weight is 326 g/mol. The van der Waals surface area contributed by atoms with Crippen LogP contribution in [0, 0.1) is 5.82 Å². The molecule has 2 rings (SSSR count). The largest absolute Gasteiger partial charge is 0.494 e. The Morgan fingerprint density at radius 3 is 2.53 bits per heavy atom. The Kier molecular flexibility index (Phi) is 4.27. The molecule has 0 saturated carbocycles. The lowest BCUT2D eigenvalue weighted by Gasteiger charge is -2.10. The molecule has 0 bridgehead atoms. The first kappa shape index (κ1) is 13.7. The summed E-state index contributed by atoms with van der Waals surface area (Å²) in [7, 11) is 0. The van der Waals surface area contributed by atoms with Crippen molar-refractivity contribution in [3.05, 3.63) is 46.7 Å². The summed E-state index contributed by atoms with van der Waals surface area (Å²) in [5.41, 5.74) is 6.31. The molecule has 19 heavy (non-hydrogen) atoms. The second-order valence-corrected chi connectivity index (χ2v) is 4.70. The molecule has 0 spiro atoms. The van der Waals surface area contributed by atoms with Gasteiger partial charge in [-0.1, -0.05) is 0 Å². The van der Waals surface area contributed by atoms with E-state index in [1.807, 2.05) is 6.92 Å². The molecule has 0 aliphatic carbocycles. The summed E-state index contributed by atoms with van der Waals surface area (Å²) in [6.07, 6.45) is 0. The smallest absolute Gasteiger partial charge is 0.137 e. The van der Waals surface area contributed by atoms with Gasteiger partial charge in [0.05, 0.1) is 11.1 Å². The van der Waals surface area contributed by atoms with E-state index in [4.69, 9.17) is 15.2 Å². The molecule has 0 fully saturated rings. The molecule has 0 unspecified atom stereocenters. The lowest BCUT2D eigenvalue weighted by Crippen LogP contribution is -1.95. The van der Waals surface area contributed by atoms with E-state index < -0.39 is 0 Å². The van der Waals surface area contributed by atoms with Crippen molar-refractivity contribution in [1.29, 1.82) is 0 Å². The van der Waals surface area contributed by atoms with Gasteiger partial charge in [0, 0.05) is 23.9 Å². The number of rotatable bonds is 4. The maximum absolute atomic E-state index is 13.1. The van der Waals surface area contributed by atoms with Crippen LogP contribution in [0.25, 0.3) is 0 Å². The van der Waals surface area contributed by atoms with Crippen molar-refractivity contribution in [1.82, 2.24) is 0 Å². The minimum Gasteiger partial charge on any atom is -0.494 e. The van der Waals surface area contributed by atoms with Crippen molar-refractivity contribution in [2.45, 2.75) is 6.92 Å². The van der Waals surface area contributed by atoms with Gasteiger partial charge in [-0.3, -0.25) is 0 Å². The molecule has 2 aromatic carbocycles. The summed E-state index contributed by atoms with van der Waals surface area (Å²) in [6, 6.07) is 9.56. The maximum Gasteiger partial charge on any atom is 0.137 e. The van der Waals surface area contributed by atoms with Crippen molar-refractivity contribution in [2.24, 2.45) is 0 Å². The zero-order valence-electron chi connectivity index (χ0n) is 10.3. The first-order valence-electron chi connectivity index (χ1n) is 5.74. The second-order valence-electron chi connectivity index (χ2n) is 3.85. The van der Waals surface area contributed by atoms with Crippen LogP contribution in [-0.2, 0) is 0 Å². The Morgan fingerprint density at radius 1 is 1.11 bits per heavy atom. The van der Waals surface area contributed by atoms with E-state index in [0.717, 1.165) is 0 Å². The van der Waals surface area contributed by atoms with Gasteiger partial charge in [-0.2, -0.15) is 0 Å². The molecule has 0 heterocycles. The average Bonchev–Trinajstić information content (AvgIpc) is 2.33. The van der Waals surface area contributed by atoms with Gasteiger partial charge in [-0.15, -0.1) is 0 Å². The van der Waals surface area contributed by atoms with Crippen molar-refractivity contribution in [3.8, 4) is 17.2 Å². The first-order valence-corrected chi connectivity index (χ1v) is 6.54. The normalized spacial score (nSPS) is 10.3. The molecular weight excluding hydrogens is 313 g/mol. The summed E-state index contributed by atoms with van der Waals surface area (Å²) in [6.45, 7) is 2.44. The predicted octanol–water partition coefficient (Wildman–Crippen LogP) is 4.36. The first-order chi connectivity index (χ1) is 9.08. The topological polar surface area (TPSA) is 44.5 Å². The van der Waals surface area contributed by atoms with E-state index in [2.05, 4.69) is 15.9 Å². The molecule has 100 valence electrons. The zero-order valence-corrected chi connectivity index (χ0v) is 11.9. The molecule has 0 aliphatic rings. The van der Waals surface area contributed by atoms with Crippen LogP contribution in [0.4, 0.5) is 10.1 Å². The highest BCUT2D eigenvalue weighted by Gasteiger charge is 2.05. The number of anilines is 1. The van der Waals surface area contributed by atoms with E-state index in [0.29, 0.717) is 34.0 Å². The molecule has 0 amide bonds. The molecule has 5 heteroatoms. The third-order valence-corrected chi connectivity index (χ3v) is 2.95. The highest BCUT2D eigenvalue weighted by Crippen LogP contribution is 2.30. The SMILES string of the molecule is CCOc1cc(N)cc(Oc2ccc(F)c(Br)c2)c1. The predicted molar refractivity (Wildman–Crippen MR) is 76.2 cm³/mol. The number of ether oxygens (including phenoxy) is 2. The van der Waals surface area contributed by atoms with Crippen LogP contribution in [0.15, 0.2) is 40.9 Å². The van der Waals surface area contributed by atoms with Gasteiger partial charge in [0.15, 0.2) is 0 Å². The van der Waals surface area contributed by atoms with E-state index in [1.54, 1.807) is 30.3 Å². The lowest BCUT2D eigenvalue weighted by atomic mass is 10.3. The fraction of sp³-hybridized carbons (Fsp3) is 0.143. The Hall–Kier alpha value is -1.75. The van der Waals surface area contributed by atoms with Gasteiger partial charge in [-0.05, 0) is 41.1 Å². The van der Waals surface area contributed by atoms with Gasteiger partial charge in [0.1, 0.15) is 23.1 Å². The number of nitrogen functional groups attached to an aromatic ring is 1. The summed E-state index contributed by atoms with van der Waals surface area (Å²) >= 11 is 3.11. The van der Waals surface area contributed by atoms with Crippen LogP contribution in [0.1, 0.15) is 6.92 Å². The summed E-state index contributed by atoms with van der Waals surface area (Å²) in [4.78, 5) is 0. The maximum atomic E-state index is 13.1. The molecule has 2 aromatic rings. The summed E-state index contributed by atoms with van der Waals surface area (Å²) in [5.74, 6) is 1.36. The highest BCUT2D eigenvalue weighted by atomic mass is 79.9. The van der Waals surface area contributed by atoms with E-state index in [-0.39, 0.29) is 5.82 Å². The minimum atomic E-state index is -0.338. The minimum absolute atomic E-state index is 0.338. The van der Waals surface area contributed by atoms with Gasteiger partial charge >= 0.3 is 0 Å². The zero-order chi connectivity index (χ0) is 13.8. The summed E-state index contributed by atoms with van der Waals surface area (Å²) < 4.78 is 24.5. The number of halogens is 2. The van der Waals surface area contributed by atoms with Crippen LogP contribution < -0.4 is 15.2 Å². The molecule has 0 atom stereocenters. The van der Waals surface area contributed by atoms with Crippen LogP contribution in [0.5, 0.6) is 17.2 Å². The number of nitrogens with two attached hydrogens (primary N) is 1. The number of benzene rings is 2. The molecule has 0 radical (unpaired) electrons. The van der Waals surface area contributed by atoms with Crippen LogP contribution in [0.3, 0.4) is 0 Å². The molecule has 0 aliphatic heterocycles. The van der Waals surface area contributed by atoms with Gasteiger partial charge < -0.3 is 15.2 Å². The molecule has 0 aromatic heterocycles. The number of hydrogen-bond acceptors (Lipinski definition) is 3. The van der Waals surface area contributed by atoms with E-state index in [1.165, 1.54) is 6.07 Å². The van der Waals surface area contributed by atoms with Gasteiger partial charge in [0.2, 0.25) is 0 Å². The third kappa shape index (κ3) is 3.61. The van der Waals surface area contributed by atoms with Crippen molar-refractivity contribution in [3.63, 3.8) is 0 Å². The van der Waals surface area contributed by atoms with E-state index >= 15 is 0 Å². The Bertz CT molecular complexity index is 590. The third-order valence-electron chi connectivity index (χ3n) is 2.34. The highest BCUT2D eigenvalue weighted by molar-refractivity contribution is 9.10.